The zero-order valence-corrected chi connectivity index (χ0v) is 11.0. The predicted octanol–water partition coefficient (Wildman–Crippen LogP) is 3.37. The Morgan fingerprint density at radius 2 is 2.16 bits per heavy atom. The van der Waals surface area contributed by atoms with Gasteiger partial charge in [0.2, 0.25) is 0 Å². The Morgan fingerprint density at radius 1 is 1.37 bits per heavy atom. The van der Waals surface area contributed by atoms with Crippen molar-refractivity contribution in [2.24, 2.45) is 5.92 Å². The second-order valence-electron chi connectivity index (χ2n) is 4.92. The maximum atomic E-state index is 13.9. The van der Waals surface area contributed by atoms with Gasteiger partial charge in [-0.1, -0.05) is 30.3 Å². The summed E-state index contributed by atoms with van der Waals surface area (Å²) in [5, 5.41) is 12.0. The second-order valence-corrected chi connectivity index (χ2v) is 4.92. The van der Waals surface area contributed by atoms with Crippen LogP contribution in [0.5, 0.6) is 0 Å². The molecule has 1 aliphatic carbocycles. The standard InChI is InChI=1S/C16H19FN2/c17-16(15-8-4-7-14(15)11-18)12-19-10-9-13-5-2-1-3-6-13/h1-3,5-6,14,19H,4,7-10,12H2/b16-15-. The van der Waals surface area contributed by atoms with E-state index in [1.54, 1.807) is 0 Å². The van der Waals surface area contributed by atoms with Gasteiger partial charge in [0, 0.05) is 6.54 Å². The quantitative estimate of drug-likeness (QED) is 0.822. The minimum Gasteiger partial charge on any atom is -0.310 e. The molecule has 1 atom stereocenters. The lowest BCUT2D eigenvalue weighted by molar-refractivity contribution is 0.549. The molecule has 0 saturated heterocycles. The molecule has 2 nitrogen and oxygen atoms in total. The third kappa shape index (κ3) is 3.90. The van der Waals surface area contributed by atoms with Crippen LogP contribution in [-0.2, 0) is 6.42 Å². The van der Waals surface area contributed by atoms with Crippen molar-refractivity contribution in [1.82, 2.24) is 5.32 Å². The van der Waals surface area contributed by atoms with Gasteiger partial charge in [0.25, 0.3) is 0 Å². The van der Waals surface area contributed by atoms with Crippen molar-refractivity contribution in [3.8, 4) is 6.07 Å². The summed E-state index contributed by atoms with van der Waals surface area (Å²) in [6.07, 6.45) is 3.38. The average molecular weight is 258 g/mol. The van der Waals surface area contributed by atoms with Crippen LogP contribution in [-0.4, -0.2) is 13.1 Å². The summed E-state index contributed by atoms with van der Waals surface area (Å²) >= 11 is 0. The Kier molecular flexibility index (Phi) is 5.11. The van der Waals surface area contributed by atoms with Crippen molar-refractivity contribution in [3.63, 3.8) is 0 Å². The monoisotopic (exact) mass is 258 g/mol. The molecule has 1 unspecified atom stereocenters. The average Bonchev–Trinajstić information content (AvgIpc) is 2.93. The Hall–Kier alpha value is -1.66. The Bertz CT molecular complexity index is 473. The van der Waals surface area contributed by atoms with Gasteiger partial charge < -0.3 is 5.32 Å². The molecule has 3 heteroatoms. The number of hydrogen-bond donors (Lipinski definition) is 1. The van der Waals surface area contributed by atoms with Gasteiger partial charge in [-0.3, -0.25) is 0 Å². The predicted molar refractivity (Wildman–Crippen MR) is 74.1 cm³/mol. The molecular formula is C16H19FN2. The van der Waals surface area contributed by atoms with Crippen molar-refractivity contribution in [3.05, 3.63) is 47.3 Å². The lowest BCUT2D eigenvalue weighted by Gasteiger charge is -2.07. The molecule has 1 N–H and O–H groups in total. The van der Waals surface area contributed by atoms with Crippen LogP contribution in [0.15, 0.2) is 41.7 Å². The van der Waals surface area contributed by atoms with E-state index in [9.17, 15) is 4.39 Å². The number of hydrogen-bond acceptors (Lipinski definition) is 2. The summed E-state index contributed by atoms with van der Waals surface area (Å²) in [5.74, 6) is -0.326. The van der Waals surface area contributed by atoms with E-state index in [4.69, 9.17) is 5.26 Å². The highest BCUT2D eigenvalue weighted by Crippen LogP contribution is 2.33. The molecule has 0 radical (unpaired) electrons. The van der Waals surface area contributed by atoms with Crippen LogP contribution in [0.4, 0.5) is 4.39 Å². The van der Waals surface area contributed by atoms with Gasteiger partial charge in [-0.2, -0.15) is 5.26 Å². The molecule has 0 heterocycles. The van der Waals surface area contributed by atoms with Gasteiger partial charge >= 0.3 is 0 Å². The maximum Gasteiger partial charge on any atom is 0.114 e. The number of allylic oxidation sites excluding steroid dienone is 1. The molecule has 2 rings (SSSR count). The number of rotatable bonds is 5. The van der Waals surface area contributed by atoms with Gasteiger partial charge in [0.05, 0.1) is 12.0 Å². The smallest absolute Gasteiger partial charge is 0.114 e. The Morgan fingerprint density at radius 3 is 2.89 bits per heavy atom. The van der Waals surface area contributed by atoms with E-state index >= 15 is 0 Å². The summed E-state index contributed by atoms with van der Waals surface area (Å²) in [7, 11) is 0. The Labute approximate surface area is 113 Å². The summed E-state index contributed by atoms with van der Waals surface area (Å²) < 4.78 is 13.9. The first kappa shape index (κ1) is 13.8. The lowest BCUT2D eigenvalue weighted by atomic mass is 10.0. The van der Waals surface area contributed by atoms with Gasteiger partial charge in [0.1, 0.15) is 5.83 Å². The van der Waals surface area contributed by atoms with E-state index in [-0.39, 0.29) is 18.3 Å². The second kappa shape index (κ2) is 7.06. The fourth-order valence-corrected chi connectivity index (χ4v) is 2.50. The first-order valence-electron chi connectivity index (χ1n) is 6.83. The molecule has 19 heavy (non-hydrogen) atoms. The molecule has 0 bridgehead atoms. The maximum absolute atomic E-state index is 13.9. The first-order valence-corrected chi connectivity index (χ1v) is 6.83. The SMILES string of the molecule is N#CC1CCC/C1=C(/F)CNCCc1ccccc1. The van der Waals surface area contributed by atoms with Crippen LogP contribution in [0.3, 0.4) is 0 Å². The minimum atomic E-state index is -0.198. The molecule has 0 amide bonds. The molecule has 0 aromatic heterocycles. The van der Waals surface area contributed by atoms with Crippen LogP contribution in [0.25, 0.3) is 0 Å². The fraction of sp³-hybridized carbons (Fsp3) is 0.438. The molecule has 0 aliphatic heterocycles. The molecule has 0 spiro atoms. The van der Waals surface area contributed by atoms with Gasteiger partial charge in [-0.15, -0.1) is 0 Å². The third-order valence-electron chi connectivity index (χ3n) is 3.58. The number of halogens is 1. The summed E-state index contributed by atoms with van der Waals surface area (Å²) in [6.45, 7) is 1.00. The molecule has 1 aromatic rings. The molecule has 1 aliphatic rings. The van der Waals surface area contributed by atoms with Crippen LogP contribution in [0.1, 0.15) is 24.8 Å². The topological polar surface area (TPSA) is 35.8 Å². The molecule has 100 valence electrons. The highest BCUT2D eigenvalue weighted by Gasteiger charge is 2.23. The minimum absolute atomic E-state index is 0.128. The van der Waals surface area contributed by atoms with Crippen molar-refractivity contribution in [2.45, 2.75) is 25.7 Å². The number of nitrogens with one attached hydrogen (secondary N) is 1. The van der Waals surface area contributed by atoms with Crippen LogP contribution >= 0.6 is 0 Å². The number of nitrogens with zero attached hydrogens (tertiary/aromatic N) is 1. The zero-order chi connectivity index (χ0) is 13.5. The van der Waals surface area contributed by atoms with Crippen molar-refractivity contribution in [2.75, 3.05) is 13.1 Å². The fourth-order valence-electron chi connectivity index (χ4n) is 2.50. The lowest BCUT2D eigenvalue weighted by Crippen LogP contribution is -2.20. The Balaban J connectivity index is 1.77. The van der Waals surface area contributed by atoms with E-state index in [0.717, 1.165) is 37.8 Å². The summed E-state index contributed by atoms with van der Waals surface area (Å²) in [4.78, 5) is 0. The van der Waals surface area contributed by atoms with Crippen LogP contribution in [0.2, 0.25) is 0 Å². The summed E-state index contributed by atoms with van der Waals surface area (Å²) in [6, 6.07) is 12.3. The third-order valence-corrected chi connectivity index (χ3v) is 3.58. The van der Waals surface area contributed by atoms with E-state index in [2.05, 4.69) is 23.5 Å². The number of nitriles is 1. The largest absolute Gasteiger partial charge is 0.310 e. The number of benzene rings is 1. The van der Waals surface area contributed by atoms with Gasteiger partial charge in [-0.25, -0.2) is 4.39 Å². The van der Waals surface area contributed by atoms with Crippen molar-refractivity contribution < 1.29 is 4.39 Å². The molecular weight excluding hydrogens is 239 g/mol. The van der Waals surface area contributed by atoms with E-state index in [0.29, 0.717) is 0 Å². The van der Waals surface area contributed by atoms with Gasteiger partial charge in [0.15, 0.2) is 0 Å². The first-order chi connectivity index (χ1) is 9.31. The van der Waals surface area contributed by atoms with Crippen molar-refractivity contribution >= 4 is 0 Å². The van der Waals surface area contributed by atoms with E-state index < -0.39 is 0 Å². The molecule has 1 aromatic carbocycles. The normalized spacial score (nSPS) is 21.2. The van der Waals surface area contributed by atoms with Crippen LogP contribution in [0, 0.1) is 17.2 Å². The molecule has 1 saturated carbocycles. The van der Waals surface area contributed by atoms with Gasteiger partial charge in [-0.05, 0) is 43.4 Å². The van der Waals surface area contributed by atoms with Crippen molar-refractivity contribution in [1.29, 1.82) is 5.26 Å². The van der Waals surface area contributed by atoms with E-state index in [1.807, 2.05) is 18.2 Å². The summed E-state index contributed by atoms with van der Waals surface area (Å²) in [5.41, 5.74) is 1.97. The highest BCUT2D eigenvalue weighted by atomic mass is 19.1. The van der Waals surface area contributed by atoms with E-state index in [1.165, 1.54) is 5.56 Å². The highest BCUT2D eigenvalue weighted by molar-refractivity contribution is 5.22. The van der Waals surface area contributed by atoms with Crippen LogP contribution < -0.4 is 5.32 Å². The zero-order valence-electron chi connectivity index (χ0n) is 11.0. The molecule has 1 fully saturated rings.